The highest BCUT2D eigenvalue weighted by Gasteiger charge is 2.21. The lowest BCUT2D eigenvalue weighted by Crippen LogP contribution is -2.17. The van der Waals surface area contributed by atoms with E-state index in [2.05, 4.69) is 173 Å². The normalized spacial score (nSPS) is 14.7. The third kappa shape index (κ3) is 4.51. The van der Waals surface area contributed by atoms with E-state index in [1.807, 2.05) is 12.1 Å². The molecule has 1 atom stereocenters. The van der Waals surface area contributed by atoms with Crippen LogP contribution in [0.25, 0.3) is 60.2 Å². The summed E-state index contributed by atoms with van der Waals surface area (Å²) in [5.41, 5.74) is 10.0. The van der Waals surface area contributed by atoms with Crippen LogP contribution in [-0.2, 0) is 0 Å². The zero-order chi connectivity index (χ0) is 32.3. The molecule has 7 aromatic carbocycles. The lowest BCUT2D eigenvalue weighted by Gasteiger charge is -2.29. The molecule has 49 heavy (non-hydrogen) atoms. The molecule has 0 radical (unpaired) electrons. The Morgan fingerprint density at radius 3 is 2.08 bits per heavy atom. The largest absolute Gasteiger partial charge is 0.456 e. The Bertz CT molecular complexity index is 2750. The maximum absolute atomic E-state index is 6.36. The number of hydrogen-bond acceptors (Lipinski definition) is 2. The highest BCUT2D eigenvalue weighted by Crippen LogP contribution is 2.40. The van der Waals surface area contributed by atoms with Crippen LogP contribution in [0.4, 0.5) is 11.4 Å². The second kappa shape index (κ2) is 11.1. The summed E-state index contributed by atoms with van der Waals surface area (Å²) in [6, 6.07) is 56.6. The van der Waals surface area contributed by atoms with Gasteiger partial charge in [0.25, 0.3) is 0 Å². The minimum atomic E-state index is 0.358. The fraction of sp³-hybridized carbons (Fsp3) is 0.0435. The van der Waals surface area contributed by atoms with Crippen LogP contribution in [0.3, 0.4) is 0 Å². The average Bonchev–Trinajstić information content (AvgIpc) is 3.72. The van der Waals surface area contributed by atoms with Gasteiger partial charge in [0.15, 0.2) is 0 Å². The van der Waals surface area contributed by atoms with Crippen LogP contribution >= 0.6 is 0 Å². The summed E-state index contributed by atoms with van der Waals surface area (Å²) in [6.45, 7) is 0. The van der Waals surface area contributed by atoms with E-state index in [0.29, 0.717) is 5.92 Å². The van der Waals surface area contributed by atoms with E-state index in [1.54, 1.807) is 0 Å². The van der Waals surface area contributed by atoms with Crippen molar-refractivity contribution in [1.82, 2.24) is 4.57 Å². The summed E-state index contributed by atoms with van der Waals surface area (Å²) in [7, 11) is 0. The molecule has 2 heterocycles. The molecule has 0 aliphatic heterocycles. The van der Waals surface area contributed by atoms with Gasteiger partial charge in [-0.25, -0.2) is 0 Å². The Kier molecular flexibility index (Phi) is 6.31. The van der Waals surface area contributed by atoms with Gasteiger partial charge in [0.05, 0.1) is 11.0 Å². The Balaban J connectivity index is 1.11. The molecule has 1 aliphatic carbocycles. The number of nitrogens with zero attached hydrogens (tertiary/aromatic N) is 2. The molecule has 0 amide bonds. The fourth-order valence-electron chi connectivity index (χ4n) is 7.77. The number of para-hydroxylation sites is 2. The first kappa shape index (κ1) is 27.8. The second-order valence-corrected chi connectivity index (χ2v) is 12.9. The monoisotopic (exact) mass is 628 g/mol. The van der Waals surface area contributed by atoms with E-state index in [9.17, 15) is 0 Å². The first-order valence-corrected chi connectivity index (χ1v) is 17.0. The van der Waals surface area contributed by atoms with Crippen LogP contribution in [0.5, 0.6) is 0 Å². The molecule has 0 N–H and O–H groups in total. The molecule has 0 spiro atoms. The van der Waals surface area contributed by atoms with Crippen LogP contribution in [0.1, 0.15) is 17.9 Å². The summed E-state index contributed by atoms with van der Waals surface area (Å²) in [5.74, 6) is 0.358. The van der Waals surface area contributed by atoms with Crippen molar-refractivity contribution in [3.63, 3.8) is 0 Å². The van der Waals surface area contributed by atoms with Gasteiger partial charge in [0.2, 0.25) is 0 Å². The van der Waals surface area contributed by atoms with Crippen molar-refractivity contribution in [3.05, 3.63) is 187 Å². The minimum Gasteiger partial charge on any atom is -0.456 e. The van der Waals surface area contributed by atoms with Gasteiger partial charge in [-0.3, -0.25) is 0 Å². The van der Waals surface area contributed by atoms with Gasteiger partial charge in [-0.15, -0.1) is 0 Å². The highest BCUT2D eigenvalue weighted by molar-refractivity contribution is 6.18. The molecule has 0 bridgehead atoms. The smallest absolute Gasteiger partial charge is 0.137 e. The lowest BCUT2D eigenvalue weighted by atomic mass is 9.91. The molecule has 0 fully saturated rings. The summed E-state index contributed by atoms with van der Waals surface area (Å²) in [6.07, 6.45) is 7.92. The van der Waals surface area contributed by atoms with Crippen LogP contribution in [0, 0.1) is 0 Å². The molecule has 1 unspecified atom stereocenters. The van der Waals surface area contributed by atoms with Gasteiger partial charge in [-0.1, -0.05) is 115 Å². The molecule has 0 saturated heterocycles. The maximum Gasteiger partial charge on any atom is 0.137 e. The van der Waals surface area contributed by atoms with Crippen LogP contribution in [0.15, 0.2) is 186 Å². The van der Waals surface area contributed by atoms with Crippen molar-refractivity contribution in [1.29, 1.82) is 0 Å². The molecule has 1 aliphatic rings. The topological polar surface area (TPSA) is 21.3 Å². The zero-order valence-corrected chi connectivity index (χ0v) is 26.8. The standard InChI is InChI=1S/C46H32N2O/c1-2-10-31(11-3-1)32-18-21-34(22-19-32)47(37-27-29-41-40-15-7-9-17-44(40)49-45(41)30-37)35-23-25-36(26-24-35)48-43-16-8-6-14-39(43)42-28-20-33-12-4-5-13-38(33)46(42)48/h1-18,20-30,32H,19H2. The van der Waals surface area contributed by atoms with Crippen molar-refractivity contribution in [2.24, 2.45) is 0 Å². The Labute approximate surface area is 284 Å². The first-order chi connectivity index (χ1) is 24.3. The van der Waals surface area contributed by atoms with Crippen molar-refractivity contribution in [2.75, 3.05) is 4.90 Å². The molecule has 3 nitrogen and oxygen atoms in total. The van der Waals surface area contributed by atoms with Gasteiger partial charge in [0.1, 0.15) is 11.2 Å². The Morgan fingerprint density at radius 2 is 1.24 bits per heavy atom. The van der Waals surface area contributed by atoms with Gasteiger partial charge in [-0.05, 0) is 72.0 Å². The number of fused-ring (bicyclic) bond motifs is 8. The SMILES string of the molecule is C1=CC(c2ccccc2)CC=C1N(c1ccc(-n2c3ccccc3c3ccc4ccccc4c32)cc1)c1ccc2c(c1)oc1ccccc12. The average molecular weight is 629 g/mol. The molecule has 0 saturated carbocycles. The fourth-order valence-corrected chi connectivity index (χ4v) is 7.77. The minimum absolute atomic E-state index is 0.358. The number of benzene rings is 7. The summed E-state index contributed by atoms with van der Waals surface area (Å²) in [5, 5.41) is 7.30. The number of rotatable bonds is 5. The third-order valence-electron chi connectivity index (χ3n) is 10.1. The number of furan rings is 1. The van der Waals surface area contributed by atoms with Crippen LogP contribution in [-0.4, -0.2) is 4.57 Å². The van der Waals surface area contributed by atoms with E-state index < -0.39 is 0 Å². The number of hydrogen-bond donors (Lipinski definition) is 0. The Morgan fingerprint density at radius 1 is 0.551 bits per heavy atom. The van der Waals surface area contributed by atoms with Gasteiger partial charge in [0, 0.05) is 61.7 Å². The second-order valence-electron chi connectivity index (χ2n) is 12.9. The van der Waals surface area contributed by atoms with E-state index >= 15 is 0 Å². The van der Waals surface area contributed by atoms with E-state index in [1.165, 1.54) is 38.1 Å². The number of anilines is 2. The maximum atomic E-state index is 6.36. The van der Waals surface area contributed by atoms with E-state index in [-0.39, 0.29) is 0 Å². The van der Waals surface area contributed by atoms with Crippen molar-refractivity contribution >= 4 is 65.9 Å². The van der Waals surface area contributed by atoms with Crippen molar-refractivity contribution in [3.8, 4) is 5.69 Å². The van der Waals surface area contributed by atoms with Crippen molar-refractivity contribution in [2.45, 2.75) is 12.3 Å². The van der Waals surface area contributed by atoms with Crippen LogP contribution < -0.4 is 4.90 Å². The first-order valence-electron chi connectivity index (χ1n) is 17.0. The molecular weight excluding hydrogens is 597 g/mol. The van der Waals surface area contributed by atoms with Gasteiger partial charge >= 0.3 is 0 Å². The summed E-state index contributed by atoms with van der Waals surface area (Å²) < 4.78 is 8.78. The molecule has 3 heteroatoms. The van der Waals surface area contributed by atoms with Crippen LogP contribution in [0.2, 0.25) is 0 Å². The van der Waals surface area contributed by atoms with E-state index in [4.69, 9.17) is 4.42 Å². The quantitative estimate of drug-likeness (QED) is 0.189. The molecular formula is C46H32N2O. The highest BCUT2D eigenvalue weighted by atomic mass is 16.3. The van der Waals surface area contributed by atoms with Gasteiger partial charge in [-0.2, -0.15) is 0 Å². The molecule has 2 aromatic heterocycles. The molecule has 9 aromatic rings. The predicted molar refractivity (Wildman–Crippen MR) is 205 cm³/mol. The summed E-state index contributed by atoms with van der Waals surface area (Å²) in [4.78, 5) is 2.36. The van der Waals surface area contributed by atoms with E-state index in [0.717, 1.165) is 51.1 Å². The third-order valence-corrected chi connectivity index (χ3v) is 10.1. The Hall–Kier alpha value is -6.32. The summed E-state index contributed by atoms with van der Waals surface area (Å²) >= 11 is 0. The lowest BCUT2D eigenvalue weighted by molar-refractivity contribution is 0.669. The number of allylic oxidation sites excluding steroid dienone is 3. The predicted octanol–water partition coefficient (Wildman–Crippen LogP) is 12.6. The molecule has 10 rings (SSSR count). The molecule has 232 valence electrons. The zero-order valence-electron chi connectivity index (χ0n) is 26.8. The van der Waals surface area contributed by atoms with Crippen molar-refractivity contribution < 1.29 is 4.42 Å². The van der Waals surface area contributed by atoms with Gasteiger partial charge < -0.3 is 13.9 Å². The number of aromatic nitrogens is 1.